The summed E-state index contributed by atoms with van der Waals surface area (Å²) in [6.45, 7) is 10.1. The third kappa shape index (κ3) is 2.93. The lowest BCUT2D eigenvalue weighted by atomic mass is 9.95. The van der Waals surface area contributed by atoms with Gasteiger partial charge in [-0.15, -0.1) is 0 Å². The third-order valence-electron chi connectivity index (χ3n) is 3.46. The Morgan fingerprint density at radius 1 is 1.05 bits per heavy atom. The third-order valence-corrected chi connectivity index (χ3v) is 5.51. The number of aryl methyl sites for hydroxylation is 1. The van der Waals surface area contributed by atoms with Crippen molar-refractivity contribution in [1.82, 2.24) is 0 Å². The summed E-state index contributed by atoms with van der Waals surface area (Å²) in [7, 11) is -1.98. The number of carboxylic acids is 2. The van der Waals surface area contributed by atoms with Crippen LogP contribution in [-0.4, -0.2) is 30.2 Å². The molecule has 5 heteroatoms. The first-order chi connectivity index (χ1) is 9.15. The van der Waals surface area contributed by atoms with Gasteiger partial charge < -0.3 is 10.2 Å². The van der Waals surface area contributed by atoms with E-state index in [2.05, 4.69) is 19.6 Å². The van der Waals surface area contributed by atoms with Crippen LogP contribution in [0.15, 0.2) is 6.07 Å². The monoisotopic (exact) mass is 294 g/mol. The van der Waals surface area contributed by atoms with E-state index in [1.807, 2.05) is 13.8 Å². The topological polar surface area (TPSA) is 74.6 Å². The molecule has 4 nitrogen and oxygen atoms in total. The standard InChI is InChI=1S/C15H22O4Si/c1-6-9-8-11(14(16)17)12(15(18)19)13(10(9)7-2)20(3,4)5/h8H,6-7H2,1-5H3,(H,16,17)(H,18,19). The van der Waals surface area contributed by atoms with Gasteiger partial charge in [0.05, 0.1) is 19.2 Å². The van der Waals surface area contributed by atoms with Gasteiger partial charge in [0.15, 0.2) is 0 Å². The summed E-state index contributed by atoms with van der Waals surface area (Å²) in [4.78, 5) is 23.0. The number of aromatic carboxylic acids is 2. The lowest BCUT2D eigenvalue weighted by molar-refractivity contribution is 0.0652. The van der Waals surface area contributed by atoms with E-state index in [9.17, 15) is 19.8 Å². The fourth-order valence-electron chi connectivity index (χ4n) is 2.72. The Bertz CT molecular complexity index is 556. The Kier molecular flexibility index (Phi) is 4.75. The molecule has 1 aromatic carbocycles. The lowest BCUT2D eigenvalue weighted by Crippen LogP contribution is -2.45. The molecule has 20 heavy (non-hydrogen) atoms. The second-order valence-electron chi connectivity index (χ2n) is 5.88. The van der Waals surface area contributed by atoms with Gasteiger partial charge in [-0.3, -0.25) is 0 Å². The van der Waals surface area contributed by atoms with Crippen LogP contribution in [0, 0.1) is 0 Å². The zero-order valence-corrected chi connectivity index (χ0v) is 13.7. The van der Waals surface area contributed by atoms with E-state index >= 15 is 0 Å². The molecule has 1 aromatic rings. The van der Waals surface area contributed by atoms with E-state index < -0.39 is 20.0 Å². The molecular weight excluding hydrogens is 272 g/mol. The van der Waals surface area contributed by atoms with Gasteiger partial charge in [-0.2, -0.15) is 0 Å². The Hall–Kier alpha value is -1.62. The first-order valence-corrected chi connectivity index (χ1v) is 10.3. The molecule has 0 bridgehead atoms. The van der Waals surface area contributed by atoms with Crippen LogP contribution < -0.4 is 5.19 Å². The summed E-state index contributed by atoms with van der Waals surface area (Å²) < 4.78 is 0. The summed E-state index contributed by atoms with van der Waals surface area (Å²) in [6, 6.07) is 1.54. The summed E-state index contributed by atoms with van der Waals surface area (Å²) >= 11 is 0. The first kappa shape index (κ1) is 16.4. The highest BCUT2D eigenvalue weighted by Gasteiger charge is 2.31. The van der Waals surface area contributed by atoms with Crippen LogP contribution in [0.4, 0.5) is 0 Å². The molecule has 0 saturated carbocycles. The molecule has 0 fully saturated rings. The minimum Gasteiger partial charge on any atom is -0.478 e. The number of hydrogen-bond acceptors (Lipinski definition) is 2. The van der Waals surface area contributed by atoms with E-state index in [1.165, 1.54) is 6.07 Å². The van der Waals surface area contributed by atoms with Crippen molar-refractivity contribution >= 4 is 25.2 Å². The van der Waals surface area contributed by atoms with Crippen LogP contribution in [0.2, 0.25) is 19.6 Å². The maximum absolute atomic E-state index is 11.6. The highest BCUT2D eigenvalue weighted by Crippen LogP contribution is 2.21. The fraction of sp³-hybridized carbons (Fsp3) is 0.467. The summed E-state index contributed by atoms with van der Waals surface area (Å²) in [5, 5.41) is 19.6. The molecule has 0 aliphatic rings. The van der Waals surface area contributed by atoms with Crippen LogP contribution in [0.1, 0.15) is 45.7 Å². The smallest absolute Gasteiger partial charge is 0.336 e. The minimum atomic E-state index is -1.98. The second-order valence-corrected chi connectivity index (χ2v) is 10.9. The SMILES string of the molecule is CCc1cc(C(=O)O)c(C(=O)O)c([Si](C)(C)C)c1CC. The first-order valence-electron chi connectivity index (χ1n) is 6.80. The van der Waals surface area contributed by atoms with Crippen LogP contribution in [0.3, 0.4) is 0 Å². The summed E-state index contributed by atoms with van der Waals surface area (Å²) in [5.41, 5.74) is 1.89. The molecule has 0 amide bonds. The van der Waals surface area contributed by atoms with Gasteiger partial charge in [0, 0.05) is 0 Å². The number of benzene rings is 1. The van der Waals surface area contributed by atoms with Gasteiger partial charge in [-0.25, -0.2) is 9.59 Å². The average Bonchev–Trinajstić information content (AvgIpc) is 2.34. The van der Waals surface area contributed by atoms with E-state index in [4.69, 9.17) is 0 Å². The molecule has 0 aliphatic carbocycles. The molecule has 110 valence electrons. The van der Waals surface area contributed by atoms with E-state index in [0.29, 0.717) is 6.42 Å². The maximum atomic E-state index is 11.6. The van der Waals surface area contributed by atoms with Crippen molar-refractivity contribution in [2.24, 2.45) is 0 Å². The van der Waals surface area contributed by atoms with Crippen LogP contribution in [-0.2, 0) is 12.8 Å². The zero-order valence-electron chi connectivity index (χ0n) is 12.7. The zero-order chi connectivity index (χ0) is 15.7. The molecule has 2 N–H and O–H groups in total. The maximum Gasteiger partial charge on any atom is 0.336 e. The number of carboxylic acid groups (broad SMARTS) is 2. The van der Waals surface area contributed by atoms with Gasteiger partial charge in [0.2, 0.25) is 0 Å². The van der Waals surface area contributed by atoms with Crippen molar-refractivity contribution < 1.29 is 19.8 Å². The molecule has 0 aliphatic heterocycles. The highest BCUT2D eigenvalue weighted by atomic mass is 28.3. The number of carbonyl (C=O) groups is 2. The van der Waals surface area contributed by atoms with E-state index in [1.54, 1.807) is 0 Å². The molecular formula is C15H22O4Si. The van der Waals surface area contributed by atoms with Gasteiger partial charge in [0.1, 0.15) is 0 Å². The Balaban J connectivity index is 3.95. The van der Waals surface area contributed by atoms with Crippen molar-refractivity contribution in [3.63, 3.8) is 0 Å². The lowest BCUT2D eigenvalue weighted by Gasteiger charge is -2.26. The minimum absolute atomic E-state index is 0.00860. The molecule has 0 atom stereocenters. The molecule has 0 unspecified atom stereocenters. The Labute approximate surface area is 120 Å². The predicted octanol–water partition coefficient (Wildman–Crippen LogP) is 2.75. The number of rotatable bonds is 5. The summed E-state index contributed by atoms with van der Waals surface area (Å²) in [6.07, 6.45) is 1.43. The Morgan fingerprint density at radius 2 is 1.60 bits per heavy atom. The van der Waals surface area contributed by atoms with Gasteiger partial charge in [0.25, 0.3) is 0 Å². The van der Waals surface area contributed by atoms with Crippen molar-refractivity contribution in [1.29, 1.82) is 0 Å². The average molecular weight is 294 g/mol. The van der Waals surface area contributed by atoms with Crippen LogP contribution >= 0.6 is 0 Å². The predicted molar refractivity (Wildman–Crippen MR) is 82.1 cm³/mol. The fourth-order valence-corrected chi connectivity index (χ4v) is 4.95. The van der Waals surface area contributed by atoms with Crippen LogP contribution in [0.25, 0.3) is 0 Å². The molecule has 0 spiro atoms. The van der Waals surface area contributed by atoms with E-state index in [-0.39, 0.29) is 11.1 Å². The van der Waals surface area contributed by atoms with Crippen molar-refractivity contribution in [3.8, 4) is 0 Å². The second kappa shape index (κ2) is 5.79. The van der Waals surface area contributed by atoms with E-state index in [0.717, 1.165) is 22.7 Å². The largest absolute Gasteiger partial charge is 0.478 e. The van der Waals surface area contributed by atoms with Gasteiger partial charge >= 0.3 is 11.9 Å². The molecule has 0 radical (unpaired) electrons. The molecule has 0 aromatic heterocycles. The van der Waals surface area contributed by atoms with Crippen LogP contribution in [0.5, 0.6) is 0 Å². The summed E-state index contributed by atoms with van der Waals surface area (Å²) in [5.74, 6) is -2.31. The van der Waals surface area contributed by atoms with Gasteiger partial charge in [-0.05, 0) is 35.2 Å². The molecule has 1 rings (SSSR count). The molecule has 0 saturated heterocycles. The highest BCUT2D eigenvalue weighted by molar-refractivity contribution is 6.90. The molecule has 0 heterocycles. The number of hydrogen-bond donors (Lipinski definition) is 2. The quantitative estimate of drug-likeness (QED) is 0.819. The normalized spacial score (nSPS) is 11.4. The van der Waals surface area contributed by atoms with Crippen molar-refractivity contribution in [3.05, 3.63) is 28.3 Å². The van der Waals surface area contributed by atoms with Gasteiger partial charge in [-0.1, -0.05) is 33.5 Å². The van der Waals surface area contributed by atoms with Crippen molar-refractivity contribution in [2.45, 2.75) is 46.3 Å². The Morgan fingerprint density at radius 3 is 1.90 bits per heavy atom. The van der Waals surface area contributed by atoms with Crippen molar-refractivity contribution in [2.75, 3.05) is 0 Å².